The molecule has 6 heteroatoms. The maximum Gasteiger partial charge on any atom is 0.257 e. The molecule has 2 amide bonds. The molecule has 1 fully saturated rings. The predicted molar refractivity (Wildman–Crippen MR) is 84.8 cm³/mol. The van der Waals surface area contributed by atoms with Gasteiger partial charge in [0.1, 0.15) is 5.75 Å². The number of amides is 2. The smallest absolute Gasteiger partial charge is 0.257 e. The molecule has 1 heterocycles. The molecule has 0 saturated carbocycles. The fraction of sp³-hybridized carbons (Fsp3) is 0.500. The number of hydrogen-bond donors (Lipinski definition) is 3. The summed E-state index contributed by atoms with van der Waals surface area (Å²) in [5.41, 5.74) is 0.737. The zero-order valence-electron chi connectivity index (χ0n) is 12.9. The number of ether oxygens (including phenoxy) is 1. The summed E-state index contributed by atoms with van der Waals surface area (Å²) in [5, 5.41) is 8.80. The number of benzene rings is 1. The Labute approximate surface area is 130 Å². The van der Waals surface area contributed by atoms with E-state index in [9.17, 15) is 9.59 Å². The first-order valence-corrected chi connectivity index (χ1v) is 7.70. The van der Waals surface area contributed by atoms with Gasteiger partial charge >= 0.3 is 0 Å². The van der Waals surface area contributed by atoms with Crippen LogP contribution < -0.4 is 20.7 Å². The minimum absolute atomic E-state index is 0.00666. The van der Waals surface area contributed by atoms with Crippen molar-refractivity contribution in [3.05, 3.63) is 24.3 Å². The van der Waals surface area contributed by atoms with Gasteiger partial charge in [0.15, 0.2) is 6.61 Å². The highest BCUT2D eigenvalue weighted by molar-refractivity contribution is 5.92. The molecule has 1 aliphatic rings. The van der Waals surface area contributed by atoms with Crippen molar-refractivity contribution in [3.63, 3.8) is 0 Å². The average Bonchev–Trinajstić information content (AvgIpc) is 2.55. The number of hydrogen-bond acceptors (Lipinski definition) is 4. The average molecular weight is 305 g/mol. The van der Waals surface area contributed by atoms with E-state index in [-0.39, 0.29) is 24.3 Å². The highest BCUT2D eigenvalue weighted by Gasteiger charge is 2.20. The largest absolute Gasteiger partial charge is 0.484 e. The van der Waals surface area contributed by atoms with Gasteiger partial charge in [0, 0.05) is 18.8 Å². The van der Waals surface area contributed by atoms with Crippen LogP contribution in [-0.4, -0.2) is 38.1 Å². The van der Waals surface area contributed by atoms with Crippen molar-refractivity contribution in [2.24, 2.45) is 5.92 Å². The lowest BCUT2D eigenvalue weighted by Crippen LogP contribution is -2.37. The molecule has 22 heavy (non-hydrogen) atoms. The fourth-order valence-corrected chi connectivity index (χ4v) is 2.35. The standard InChI is InChI=1S/C16H23N3O3/c1-2-18-15(20)11-22-14-7-5-13(6-8-14)19-16(21)12-4-3-9-17-10-12/h5-8,12,17H,2-4,9-11H2,1H3,(H,18,20)(H,19,21). The molecule has 2 rings (SSSR count). The van der Waals surface area contributed by atoms with Crippen LogP contribution in [0.3, 0.4) is 0 Å². The summed E-state index contributed by atoms with van der Waals surface area (Å²) in [7, 11) is 0. The summed E-state index contributed by atoms with van der Waals surface area (Å²) in [6, 6.07) is 7.05. The molecule has 0 radical (unpaired) electrons. The van der Waals surface area contributed by atoms with Gasteiger partial charge < -0.3 is 20.7 Å². The molecular formula is C16H23N3O3. The third kappa shape index (κ3) is 5.04. The Kier molecular flexibility index (Phi) is 6.21. The maximum absolute atomic E-state index is 12.1. The molecule has 6 nitrogen and oxygen atoms in total. The first-order valence-electron chi connectivity index (χ1n) is 7.70. The van der Waals surface area contributed by atoms with Crippen molar-refractivity contribution in [2.75, 3.05) is 31.6 Å². The van der Waals surface area contributed by atoms with E-state index in [2.05, 4.69) is 16.0 Å². The summed E-state index contributed by atoms with van der Waals surface area (Å²) in [6.07, 6.45) is 1.96. The van der Waals surface area contributed by atoms with Crippen molar-refractivity contribution in [1.29, 1.82) is 0 Å². The molecule has 120 valence electrons. The van der Waals surface area contributed by atoms with Gasteiger partial charge in [0.05, 0.1) is 5.92 Å². The number of carbonyl (C=O) groups excluding carboxylic acids is 2. The first-order chi connectivity index (χ1) is 10.7. The summed E-state index contributed by atoms with van der Waals surface area (Å²) in [4.78, 5) is 23.4. The Bertz CT molecular complexity index is 496. The topological polar surface area (TPSA) is 79.5 Å². The van der Waals surface area contributed by atoms with Crippen LogP contribution in [-0.2, 0) is 9.59 Å². The zero-order chi connectivity index (χ0) is 15.8. The van der Waals surface area contributed by atoms with Gasteiger partial charge in [-0.2, -0.15) is 0 Å². The molecule has 1 aromatic rings. The van der Waals surface area contributed by atoms with Crippen LogP contribution in [0.25, 0.3) is 0 Å². The fourth-order valence-electron chi connectivity index (χ4n) is 2.35. The molecule has 3 N–H and O–H groups in total. The number of piperidine rings is 1. The minimum Gasteiger partial charge on any atom is -0.484 e. The van der Waals surface area contributed by atoms with Crippen LogP contribution in [0, 0.1) is 5.92 Å². The van der Waals surface area contributed by atoms with Crippen molar-refractivity contribution in [1.82, 2.24) is 10.6 Å². The zero-order valence-corrected chi connectivity index (χ0v) is 12.9. The van der Waals surface area contributed by atoms with Crippen LogP contribution in [0.1, 0.15) is 19.8 Å². The van der Waals surface area contributed by atoms with Crippen molar-refractivity contribution in [2.45, 2.75) is 19.8 Å². The lowest BCUT2D eigenvalue weighted by Gasteiger charge is -2.21. The molecule has 0 aliphatic carbocycles. The quantitative estimate of drug-likeness (QED) is 0.736. The van der Waals surface area contributed by atoms with E-state index in [1.54, 1.807) is 24.3 Å². The molecule has 1 aliphatic heterocycles. The normalized spacial score (nSPS) is 17.6. The minimum atomic E-state index is -0.148. The van der Waals surface area contributed by atoms with Crippen LogP contribution in [0.2, 0.25) is 0 Å². The number of nitrogens with one attached hydrogen (secondary N) is 3. The number of carbonyl (C=O) groups is 2. The summed E-state index contributed by atoms with van der Waals surface area (Å²) in [6.45, 7) is 4.16. The van der Waals surface area contributed by atoms with Gasteiger partial charge in [0.2, 0.25) is 5.91 Å². The Balaban J connectivity index is 1.81. The Morgan fingerprint density at radius 2 is 2.09 bits per heavy atom. The Morgan fingerprint density at radius 1 is 1.32 bits per heavy atom. The van der Waals surface area contributed by atoms with E-state index < -0.39 is 0 Å². The Morgan fingerprint density at radius 3 is 2.73 bits per heavy atom. The molecule has 1 aromatic carbocycles. The number of anilines is 1. The van der Waals surface area contributed by atoms with Crippen molar-refractivity contribution in [3.8, 4) is 5.75 Å². The van der Waals surface area contributed by atoms with Gasteiger partial charge in [-0.25, -0.2) is 0 Å². The molecule has 0 aromatic heterocycles. The third-order valence-corrected chi connectivity index (χ3v) is 3.53. The van der Waals surface area contributed by atoms with Gasteiger partial charge in [0.25, 0.3) is 5.91 Å². The Hall–Kier alpha value is -2.08. The lowest BCUT2D eigenvalue weighted by atomic mass is 9.99. The van der Waals surface area contributed by atoms with E-state index in [0.29, 0.717) is 12.3 Å². The molecule has 0 spiro atoms. The highest BCUT2D eigenvalue weighted by atomic mass is 16.5. The van der Waals surface area contributed by atoms with Gasteiger partial charge in [-0.15, -0.1) is 0 Å². The summed E-state index contributed by atoms with van der Waals surface area (Å²) >= 11 is 0. The molecule has 1 unspecified atom stereocenters. The van der Waals surface area contributed by atoms with Gasteiger partial charge in [-0.1, -0.05) is 0 Å². The van der Waals surface area contributed by atoms with E-state index in [4.69, 9.17) is 4.74 Å². The SMILES string of the molecule is CCNC(=O)COc1ccc(NC(=O)C2CCCNC2)cc1. The van der Waals surface area contributed by atoms with Crippen LogP contribution in [0.5, 0.6) is 5.75 Å². The predicted octanol–water partition coefficient (Wildman–Crippen LogP) is 1.14. The van der Waals surface area contributed by atoms with E-state index >= 15 is 0 Å². The second-order valence-corrected chi connectivity index (χ2v) is 5.30. The molecule has 1 atom stereocenters. The van der Waals surface area contributed by atoms with Gasteiger partial charge in [-0.05, 0) is 50.6 Å². The van der Waals surface area contributed by atoms with Crippen molar-refractivity contribution < 1.29 is 14.3 Å². The molecule has 1 saturated heterocycles. The molecular weight excluding hydrogens is 282 g/mol. The van der Waals surface area contributed by atoms with E-state index in [1.165, 1.54) is 0 Å². The second-order valence-electron chi connectivity index (χ2n) is 5.30. The van der Waals surface area contributed by atoms with Crippen LogP contribution in [0.4, 0.5) is 5.69 Å². The lowest BCUT2D eigenvalue weighted by molar-refractivity contribution is -0.123. The maximum atomic E-state index is 12.1. The van der Waals surface area contributed by atoms with Crippen molar-refractivity contribution >= 4 is 17.5 Å². The third-order valence-electron chi connectivity index (χ3n) is 3.53. The van der Waals surface area contributed by atoms with E-state index in [0.717, 1.165) is 31.6 Å². The van der Waals surface area contributed by atoms with Crippen LogP contribution >= 0.6 is 0 Å². The van der Waals surface area contributed by atoms with Crippen LogP contribution in [0.15, 0.2) is 24.3 Å². The number of likely N-dealkylation sites (N-methyl/N-ethyl adjacent to an activating group) is 1. The summed E-state index contributed by atoms with van der Waals surface area (Å²) < 4.78 is 5.36. The molecule has 0 bridgehead atoms. The van der Waals surface area contributed by atoms with E-state index in [1.807, 2.05) is 6.92 Å². The first kappa shape index (κ1) is 16.3. The summed E-state index contributed by atoms with van der Waals surface area (Å²) in [5.74, 6) is 0.527. The number of rotatable bonds is 6. The second kappa shape index (κ2) is 8.38. The van der Waals surface area contributed by atoms with Gasteiger partial charge in [-0.3, -0.25) is 9.59 Å². The highest BCUT2D eigenvalue weighted by Crippen LogP contribution is 2.18. The monoisotopic (exact) mass is 305 g/mol.